The highest BCUT2D eigenvalue weighted by molar-refractivity contribution is 7.91. The second kappa shape index (κ2) is 6.10. The first-order chi connectivity index (χ1) is 8.93. The van der Waals surface area contributed by atoms with Crippen LogP contribution in [0.1, 0.15) is 39.0 Å². The second-order valence-electron chi connectivity index (χ2n) is 6.22. The number of hydrogen-bond acceptors (Lipinski definition) is 4. The Labute approximate surface area is 117 Å². The Morgan fingerprint density at radius 3 is 2.53 bits per heavy atom. The van der Waals surface area contributed by atoms with Crippen molar-refractivity contribution in [2.24, 2.45) is 11.8 Å². The van der Waals surface area contributed by atoms with Crippen LogP contribution in [0.3, 0.4) is 0 Å². The smallest absolute Gasteiger partial charge is 0.150 e. The SMILES string of the molecule is CNC(C1CCCC(S(C)(=O)=O)C1)C1CCOC1C. The third-order valence-electron chi connectivity index (χ3n) is 5.01. The zero-order valence-corrected chi connectivity index (χ0v) is 13.1. The van der Waals surface area contributed by atoms with Crippen LogP contribution in [0.4, 0.5) is 0 Å². The van der Waals surface area contributed by atoms with E-state index in [2.05, 4.69) is 12.2 Å². The molecular weight excluding hydrogens is 262 g/mol. The van der Waals surface area contributed by atoms with Gasteiger partial charge >= 0.3 is 0 Å². The Morgan fingerprint density at radius 1 is 1.26 bits per heavy atom. The highest BCUT2D eigenvalue weighted by Crippen LogP contribution is 2.36. The summed E-state index contributed by atoms with van der Waals surface area (Å²) >= 11 is 0. The minimum absolute atomic E-state index is 0.139. The Kier molecular flexibility index (Phi) is 4.90. The van der Waals surface area contributed by atoms with Gasteiger partial charge in [-0.15, -0.1) is 0 Å². The summed E-state index contributed by atoms with van der Waals surface area (Å²) in [4.78, 5) is 0. The van der Waals surface area contributed by atoms with Crippen molar-refractivity contribution < 1.29 is 13.2 Å². The van der Waals surface area contributed by atoms with Crippen molar-refractivity contribution in [2.45, 2.75) is 56.4 Å². The molecule has 112 valence electrons. The molecule has 1 saturated heterocycles. The summed E-state index contributed by atoms with van der Waals surface area (Å²) in [6.45, 7) is 2.98. The number of ether oxygens (including phenoxy) is 1. The normalized spacial score (nSPS) is 38.3. The second-order valence-corrected chi connectivity index (χ2v) is 8.55. The molecule has 5 heteroatoms. The average Bonchev–Trinajstić information content (AvgIpc) is 2.76. The molecule has 0 amide bonds. The minimum atomic E-state index is -2.90. The molecule has 1 N–H and O–H groups in total. The fourth-order valence-electron chi connectivity index (χ4n) is 3.92. The first-order valence-corrected chi connectivity index (χ1v) is 9.36. The van der Waals surface area contributed by atoms with Crippen LogP contribution in [0.15, 0.2) is 0 Å². The van der Waals surface area contributed by atoms with Gasteiger partial charge in [-0.3, -0.25) is 0 Å². The molecule has 2 aliphatic rings. The van der Waals surface area contributed by atoms with Crippen molar-refractivity contribution in [3.63, 3.8) is 0 Å². The molecule has 0 aromatic heterocycles. The lowest BCUT2D eigenvalue weighted by Crippen LogP contribution is -2.46. The van der Waals surface area contributed by atoms with Crippen molar-refractivity contribution in [3.05, 3.63) is 0 Å². The van der Waals surface area contributed by atoms with Crippen LogP contribution >= 0.6 is 0 Å². The number of hydrogen-bond donors (Lipinski definition) is 1. The summed E-state index contributed by atoms with van der Waals surface area (Å²) in [7, 11) is -0.897. The van der Waals surface area contributed by atoms with Gasteiger partial charge in [0.05, 0.1) is 11.4 Å². The van der Waals surface area contributed by atoms with Crippen LogP contribution in [-0.2, 0) is 14.6 Å². The first kappa shape index (κ1) is 15.3. The van der Waals surface area contributed by atoms with E-state index in [4.69, 9.17) is 4.74 Å². The van der Waals surface area contributed by atoms with Crippen molar-refractivity contribution >= 4 is 9.84 Å². The molecular formula is C14H27NO3S. The summed E-state index contributed by atoms with van der Waals surface area (Å²) in [6.07, 6.45) is 6.58. The Bertz CT molecular complexity index is 395. The van der Waals surface area contributed by atoms with Gasteiger partial charge in [-0.25, -0.2) is 8.42 Å². The fraction of sp³-hybridized carbons (Fsp3) is 1.00. The molecule has 2 rings (SSSR count). The molecule has 1 aliphatic carbocycles. The molecule has 0 spiro atoms. The van der Waals surface area contributed by atoms with E-state index < -0.39 is 9.84 Å². The van der Waals surface area contributed by atoms with E-state index in [1.54, 1.807) is 0 Å². The summed E-state index contributed by atoms with van der Waals surface area (Å²) in [5.41, 5.74) is 0. The zero-order valence-electron chi connectivity index (χ0n) is 12.3. The van der Waals surface area contributed by atoms with Gasteiger partial charge in [0.2, 0.25) is 0 Å². The van der Waals surface area contributed by atoms with Gasteiger partial charge in [-0.05, 0) is 45.6 Å². The molecule has 1 saturated carbocycles. The Hall–Kier alpha value is -0.130. The third-order valence-corrected chi connectivity index (χ3v) is 6.65. The topological polar surface area (TPSA) is 55.4 Å². The van der Waals surface area contributed by atoms with Gasteiger partial charge in [-0.1, -0.05) is 6.42 Å². The molecule has 5 atom stereocenters. The largest absolute Gasteiger partial charge is 0.378 e. The van der Waals surface area contributed by atoms with E-state index in [-0.39, 0.29) is 11.4 Å². The Balaban J connectivity index is 2.06. The van der Waals surface area contributed by atoms with Gasteiger partial charge in [-0.2, -0.15) is 0 Å². The van der Waals surface area contributed by atoms with E-state index >= 15 is 0 Å². The van der Waals surface area contributed by atoms with E-state index in [0.717, 1.165) is 38.7 Å². The van der Waals surface area contributed by atoms with Gasteiger partial charge < -0.3 is 10.1 Å². The quantitative estimate of drug-likeness (QED) is 0.854. The predicted octanol–water partition coefficient (Wildman–Crippen LogP) is 1.60. The zero-order chi connectivity index (χ0) is 14.0. The van der Waals surface area contributed by atoms with Crippen LogP contribution in [0, 0.1) is 11.8 Å². The summed E-state index contributed by atoms with van der Waals surface area (Å²) in [6, 6.07) is 0.391. The maximum absolute atomic E-state index is 11.8. The molecule has 0 aromatic carbocycles. The minimum Gasteiger partial charge on any atom is -0.378 e. The molecule has 0 radical (unpaired) electrons. The lowest BCUT2D eigenvalue weighted by atomic mass is 9.76. The lowest BCUT2D eigenvalue weighted by molar-refractivity contribution is 0.0832. The van der Waals surface area contributed by atoms with Crippen LogP contribution < -0.4 is 5.32 Å². The monoisotopic (exact) mass is 289 g/mol. The maximum Gasteiger partial charge on any atom is 0.150 e. The fourth-order valence-corrected chi connectivity index (χ4v) is 5.11. The molecule has 0 aromatic rings. The maximum atomic E-state index is 11.8. The van der Waals surface area contributed by atoms with E-state index in [9.17, 15) is 8.42 Å². The number of sulfone groups is 1. The first-order valence-electron chi connectivity index (χ1n) is 7.41. The van der Waals surface area contributed by atoms with E-state index in [1.165, 1.54) is 6.26 Å². The van der Waals surface area contributed by atoms with Crippen molar-refractivity contribution in [3.8, 4) is 0 Å². The van der Waals surface area contributed by atoms with Crippen LogP contribution in [0.25, 0.3) is 0 Å². The van der Waals surface area contributed by atoms with Crippen molar-refractivity contribution in [1.29, 1.82) is 0 Å². The van der Waals surface area contributed by atoms with Gasteiger partial charge in [0.1, 0.15) is 9.84 Å². The van der Waals surface area contributed by atoms with Crippen LogP contribution in [0.5, 0.6) is 0 Å². The Morgan fingerprint density at radius 2 is 2.00 bits per heavy atom. The lowest BCUT2D eigenvalue weighted by Gasteiger charge is -2.37. The summed E-state index contributed by atoms with van der Waals surface area (Å²) in [5, 5.41) is 3.30. The summed E-state index contributed by atoms with van der Waals surface area (Å²) in [5.74, 6) is 0.987. The van der Waals surface area contributed by atoms with E-state index in [1.807, 2.05) is 7.05 Å². The number of rotatable bonds is 4. The molecule has 5 unspecified atom stereocenters. The van der Waals surface area contributed by atoms with Gasteiger partial charge in [0, 0.05) is 24.8 Å². The summed E-state index contributed by atoms with van der Waals surface area (Å²) < 4.78 is 29.2. The standard InChI is InChI=1S/C14H27NO3S/c1-10-13(7-8-18-10)14(15-2)11-5-4-6-12(9-11)19(3,16)17/h10-15H,4-9H2,1-3H3. The third kappa shape index (κ3) is 3.50. The van der Waals surface area contributed by atoms with Crippen molar-refractivity contribution in [1.82, 2.24) is 5.32 Å². The molecule has 4 nitrogen and oxygen atoms in total. The van der Waals surface area contributed by atoms with Crippen LogP contribution in [0.2, 0.25) is 0 Å². The highest BCUT2D eigenvalue weighted by Gasteiger charge is 2.39. The van der Waals surface area contributed by atoms with Crippen molar-refractivity contribution in [2.75, 3.05) is 19.9 Å². The van der Waals surface area contributed by atoms with E-state index in [0.29, 0.717) is 17.9 Å². The molecule has 19 heavy (non-hydrogen) atoms. The molecule has 1 aliphatic heterocycles. The van der Waals surface area contributed by atoms with Gasteiger partial charge in [0.25, 0.3) is 0 Å². The predicted molar refractivity (Wildman–Crippen MR) is 77.0 cm³/mol. The average molecular weight is 289 g/mol. The molecule has 1 heterocycles. The highest BCUT2D eigenvalue weighted by atomic mass is 32.2. The number of nitrogens with one attached hydrogen (secondary N) is 1. The van der Waals surface area contributed by atoms with Crippen LogP contribution in [-0.4, -0.2) is 45.7 Å². The molecule has 2 fully saturated rings. The molecule has 0 bridgehead atoms. The van der Waals surface area contributed by atoms with Gasteiger partial charge in [0.15, 0.2) is 0 Å².